The molecule has 0 aromatic rings. The van der Waals surface area contributed by atoms with E-state index in [1.807, 2.05) is 0 Å². The van der Waals surface area contributed by atoms with Gasteiger partial charge in [-0.1, -0.05) is 12.6 Å². The summed E-state index contributed by atoms with van der Waals surface area (Å²) in [5.74, 6) is 0. The van der Waals surface area contributed by atoms with Crippen molar-refractivity contribution >= 4 is 12.6 Å². The van der Waals surface area contributed by atoms with Crippen LogP contribution in [0.5, 0.6) is 0 Å². The van der Waals surface area contributed by atoms with Crippen LogP contribution in [0, 0.1) is 10.7 Å². The van der Waals surface area contributed by atoms with Gasteiger partial charge in [0.2, 0.25) is 0 Å². The van der Waals surface area contributed by atoms with Gasteiger partial charge >= 0.3 is 0 Å². The number of nitrogens with zero attached hydrogens (tertiary/aromatic N) is 1. The fourth-order valence-corrected chi connectivity index (χ4v) is 0. The molecular weight excluding hydrogens is 165 g/mol. The van der Waals surface area contributed by atoms with Gasteiger partial charge in [0.05, 0.1) is 0 Å². The summed E-state index contributed by atoms with van der Waals surface area (Å²) in [6, 6.07) is 0. The molecule has 0 amide bonds. The summed E-state index contributed by atoms with van der Waals surface area (Å²) >= 11 is 3.09. The van der Waals surface area contributed by atoms with E-state index in [2.05, 4.69) is 12.6 Å². The van der Waals surface area contributed by atoms with Crippen molar-refractivity contribution in [3.63, 3.8) is 0 Å². The minimum absolute atomic E-state index is 0. The van der Waals surface area contributed by atoms with Crippen molar-refractivity contribution in [1.82, 2.24) is 0 Å². The number of nitriles is 1. The molecule has 0 rings (SSSR count). The molecule has 0 aliphatic rings. The Hall–Kier alpha value is 0.502. The minimum Gasteiger partial charge on any atom is -0.185 e. The first-order valence-corrected chi connectivity index (χ1v) is 0.894. The minimum atomic E-state index is 0. The summed E-state index contributed by atoms with van der Waals surface area (Å²) in [6.45, 7) is 0. The van der Waals surface area contributed by atoms with Gasteiger partial charge in [0.15, 0.2) is 0 Å². The Morgan fingerprint density at radius 3 is 1.75 bits per heavy atom. The predicted molar refractivity (Wildman–Crippen MR) is 14.6 cm³/mol. The molecule has 0 bridgehead atoms. The summed E-state index contributed by atoms with van der Waals surface area (Å²) in [6.07, 6.45) is 0. The molecule has 0 unspecified atom stereocenters. The molecule has 26 valence electrons. The second-order valence-electron chi connectivity index (χ2n) is 0.100. The van der Waals surface area contributed by atoms with E-state index in [-0.39, 0.29) is 20.4 Å². The molecule has 0 aromatic heterocycles. The summed E-state index contributed by atoms with van der Waals surface area (Å²) in [5.41, 5.74) is 0. The smallest absolute Gasteiger partial charge is 0.130 e. The second kappa shape index (κ2) is 9.72. The SMILES string of the molecule is N#CS.[Pd]. The number of thiol groups is 1. The third-order valence-electron chi connectivity index (χ3n) is 0. The zero-order valence-corrected chi connectivity index (χ0v) is 4.16. The number of rotatable bonds is 0. The molecule has 0 fully saturated rings. The first-order chi connectivity index (χ1) is 1.41. The average Bonchev–Trinajstić information content (AvgIpc) is 0.918. The summed E-state index contributed by atoms with van der Waals surface area (Å²) in [4.78, 5) is 0. The standard InChI is InChI=1S/CHNS.Pd/c2-1-3;/h3H;. The second-order valence-corrected chi connectivity index (χ2v) is 0.300. The Kier molecular flexibility index (Phi) is 21.4. The maximum atomic E-state index is 7.18. The maximum absolute atomic E-state index is 7.18. The van der Waals surface area contributed by atoms with Gasteiger partial charge in [-0.2, -0.15) is 5.26 Å². The fraction of sp³-hybridized carbons (Fsp3) is 0. The van der Waals surface area contributed by atoms with Crippen molar-refractivity contribution < 1.29 is 20.4 Å². The van der Waals surface area contributed by atoms with Gasteiger partial charge in [0.25, 0.3) is 0 Å². The fourth-order valence-electron chi connectivity index (χ4n) is 0. The van der Waals surface area contributed by atoms with Crippen molar-refractivity contribution in [1.29, 1.82) is 5.26 Å². The number of hydrogen-bond donors (Lipinski definition) is 1. The molecule has 0 aliphatic heterocycles. The van der Waals surface area contributed by atoms with Crippen molar-refractivity contribution in [3.8, 4) is 5.40 Å². The quantitative estimate of drug-likeness (QED) is 0.314. The maximum Gasteiger partial charge on any atom is 0.130 e. The molecule has 0 heterocycles. The molecule has 0 atom stereocenters. The van der Waals surface area contributed by atoms with Gasteiger partial charge in [-0.25, -0.2) is 0 Å². The van der Waals surface area contributed by atoms with Crippen LogP contribution in [0.15, 0.2) is 0 Å². The van der Waals surface area contributed by atoms with Crippen LogP contribution in [0.25, 0.3) is 0 Å². The van der Waals surface area contributed by atoms with Gasteiger partial charge in [-0.05, 0) is 0 Å². The predicted octanol–water partition coefficient (Wildman–Crippen LogP) is 0.395. The van der Waals surface area contributed by atoms with E-state index in [1.54, 1.807) is 0 Å². The molecule has 0 aromatic carbocycles. The summed E-state index contributed by atoms with van der Waals surface area (Å²) in [7, 11) is 0. The molecule has 0 spiro atoms. The molecule has 0 N–H and O–H groups in total. The first kappa shape index (κ1) is 8.82. The zero-order valence-electron chi connectivity index (χ0n) is 1.71. The van der Waals surface area contributed by atoms with E-state index in [0.29, 0.717) is 0 Å². The van der Waals surface area contributed by atoms with E-state index in [4.69, 9.17) is 5.26 Å². The van der Waals surface area contributed by atoms with E-state index in [9.17, 15) is 0 Å². The monoisotopic (exact) mass is 165 g/mol. The Morgan fingerprint density at radius 2 is 1.75 bits per heavy atom. The molecule has 0 saturated heterocycles. The zero-order chi connectivity index (χ0) is 2.71. The number of hydrogen-bond acceptors (Lipinski definition) is 2. The van der Waals surface area contributed by atoms with Crippen LogP contribution in [-0.4, -0.2) is 0 Å². The molecule has 0 radical (unpaired) electrons. The first-order valence-electron chi connectivity index (χ1n) is 0.447. The Bertz CT molecular complexity index is 29.5. The third kappa shape index (κ3) is 22.4. The largest absolute Gasteiger partial charge is 0.185 e. The van der Waals surface area contributed by atoms with Crippen LogP contribution in [0.3, 0.4) is 0 Å². The van der Waals surface area contributed by atoms with Gasteiger partial charge < -0.3 is 0 Å². The van der Waals surface area contributed by atoms with Crippen molar-refractivity contribution in [2.45, 2.75) is 0 Å². The third-order valence-corrected chi connectivity index (χ3v) is 0. The van der Waals surface area contributed by atoms with Gasteiger partial charge in [0, 0.05) is 20.4 Å². The van der Waals surface area contributed by atoms with Crippen LogP contribution in [-0.2, 0) is 20.4 Å². The normalized spacial score (nSPS) is 2.00. The van der Waals surface area contributed by atoms with E-state index in [0.717, 1.165) is 0 Å². The van der Waals surface area contributed by atoms with Crippen LogP contribution in [0.4, 0.5) is 0 Å². The van der Waals surface area contributed by atoms with Crippen LogP contribution < -0.4 is 0 Å². The van der Waals surface area contributed by atoms with Crippen molar-refractivity contribution in [3.05, 3.63) is 0 Å². The summed E-state index contributed by atoms with van der Waals surface area (Å²) < 4.78 is 0. The topological polar surface area (TPSA) is 23.8 Å². The molecular formula is CHNPdS. The van der Waals surface area contributed by atoms with E-state index < -0.39 is 0 Å². The van der Waals surface area contributed by atoms with Gasteiger partial charge in [0.1, 0.15) is 5.40 Å². The van der Waals surface area contributed by atoms with E-state index >= 15 is 0 Å². The average molecular weight is 166 g/mol. The van der Waals surface area contributed by atoms with Crippen molar-refractivity contribution in [2.75, 3.05) is 0 Å². The Balaban J connectivity index is 0. The molecule has 0 aliphatic carbocycles. The van der Waals surface area contributed by atoms with Crippen molar-refractivity contribution in [2.24, 2.45) is 0 Å². The van der Waals surface area contributed by atoms with Crippen LogP contribution in [0.2, 0.25) is 0 Å². The molecule has 4 heavy (non-hydrogen) atoms. The molecule has 3 heteroatoms. The van der Waals surface area contributed by atoms with Gasteiger partial charge in [-0.3, -0.25) is 0 Å². The van der Waals surface area contributed by atoms with Gasteiger partial charge in [-0.15, -0.1) is 0 Å². The van der Waals surface area contributed by atoms with E-state index in [1.165, 1.54) is 5.40 Å². The number of thiocyanates is 1. The Morgan fingerprint density at radius 1 is 1.75 bits per heavy atom. The summed E-state index contributed by atoms with van der Waals surface area (Å²) in [5, 5.41) is 8.63. The Labute approximate surface area is 44.1 Å². The molecule has 1 nitrogen and oxygen atoms in total. The molecule has 0 saturated carbocycles. The van der Waals surface area contributed by atoms with Crippen LogP contribution >= 0.6 is 12.6 Å². The van der Waals surface area contributed by atoms with Crippen LogP contribution in [0.1, 0.15) is 0 Å².